The van der Waals surface area contributed by atoms with Gasteiger partial charge in [0.05, 0.1) is 17.8 Å². The van der Waals surface area contributed by atoms with Gasteiger partial charge in [0.25, 0.3) is 0 Å². The van der Waals surface area contributed by atoms with E-state index < -0.39 is 0 Å². The van der Waals surface area contributed by atoms with Crippen molar-refractivity contribution < 1.29 is 9.53 Å². The van der Waals surface area contributed by atoms with Crippen LogP contribution < -0.4 is 10.1 Å². The van der Waals surface area contributed by atoms with Crippen molar-refractivity contribution in [3.8, 4) is 5.75 Å². The summed E-state index contributed by atoms with van der Waals surface area (Å²) in [6.45, 7) is 11.4. The SMILES string of the molecule is CCCCc1c(Br)c2ccccn2c1C(=O)c1ccc(OCCCNCC(C)(C)C)cc1. The molecule has 0 spiro atoms. The number of carbonyl (C=O) groups is 1. The highest BCUT2D eigenvalue weighted by Gasteiger charge is 2.22. The van der Waals surface area contributed by atoms with Gasteiger partial charge in [-0.2, -0.15) is 0 Å². The van der Waals surface area contributed by atoms with Crippen LogP contribution in [0.15, 0.2) is 53.1 Å². The summed E-state index contributed by atoms with van der Waals surface area (Å²) in [5, 5.41) is 3.46. The van der Waals surface area contributed by atoms with Crippen LogP contribution in [0.1, 0.15) is 68.6 Å². The molecule has 0 aliphatic carbocycles. The minimum absolute atomic E-state index is 0.0425. The molecule has 2 heterocycles. The van der Waals surface area contributed by atoms with E-state index in [1.54, 1.807) is 0 Å². The Balaban J connectivity index is 1.68. The average Bonchev–Trinajstić information content (AvgIpc) is 3.05. The maximum atomic E-state index is 13.5. The van der Waals surface area contributed by atoms with E-state index in [0.717, 1.165) is 65.8 Å². The molecule has 0 amide bonds. The van der Waals surface area contributed by atoms with Gasteiger partial charge in [0, 0.05) is 16.2 Å². The number of carbonyl (C=O) groups excluding carboxylic acids is 1. The van der Waals surface area contributed by atoms with Crippen molar-refractivity contribution in [2.45, 2.75) is 53.4 Å². The highest BCUT2D eigenvalue weighted by molar-refractivity contribution is 9.10. The van der Waals surface area contributed by atoms with Gasteiger partial charge in [0.15, 0.2) is 0 Å². The number of unbranched alkanes of at least 4 members (excludes halogenated alkanes) is 1. The molecule has 0 aliphatic rings. The maximum absolute atomic E-state index is 13.5. The van der Waals surface area contributed by atoms with Crippen LogP contribution in [0.5, 0.6) is 5.75 Å². The zero-order valence-corrected chi connectivity index (χ0v) is 21.3. The number of fused-ring (bicyclic) bond motifs is 1. The van der Waals surface area contributed by atoms with Gasteiger partial charge in [-0.25, -0.2) is 0 Å². The van der Waals surface area contributed by atoms with Crippen molar-refractivity contribution in [2.24, 2.45) is 5.41 Å². The normalized spacial score (nSPS) is 11.8. The Morgan fingerprint density at radius 1 is 1.09 bits per heavy atom. The third kappa shape index (κ3) is 6.23. The summed E-state index contributed by atoms with van der Waals surface area (Å²) >= 11 is 3.74. The summed E-state index contributed by atoms with van der Waals surface area (Å²) in [6.07, 6.45) is 5.93. The number of aromatic nitrogens is 1. The van der Waals surface area contributed by atoms with Crippen molar-refractivity contribution in [3.05, 3.63) is 70.0 Å². The molecule has 0 fully saturated rings. The smallest absolute Gasteiger partial charge is 0.210 e. The van der Waals surface area contributed by atoms with E-state index in [4.69, 9.17) is 4.74 Å². The van der Waals surface area contributed by atoms with E-state index in [-0.39, 0.29) is 5.78 Å². The second kappa shape index (κ2) is 11.2. The molecular formula is C27H35BrN2O2. The summed E-state index contributed by atoms with van der Waals surface area (Å²) in [5.74, 6) is 0.839. The first-order valence-corrected chi connectivity index (χ1v) is 12.4. The minimum atomic E-state index is 0.0425. The van der Waals surface area contributed by atoms with Gasteiger partial charge in [0.2, 0.25) is 5.78 Å². The molecule has 1 N–H and O–H groups in total. The number of ketones is 1. The summed E-state index contributed by atoms with van der Waals surface area (Å²) in [5.41, 5.74) is 3.84. The lowest BCUT2D eigenvalue weighted by Crippen LogP contribution is -2.28. The quantitative estimate of drug-likeness (QED) is 0.236. The highest BCUT2D eigenvalue weighted by Crippen LogP contribution is 2.32. The van der Waals surface area contributed by atoms with Crippen molar-refractivity contribution in [3.63, 3.8) is 0 Å². The molecule has 0 bridgehead atoms. The molecule has 0 saturated heterocycles. The van der Waals surface area contributed by atoms with Gasteiger partial charge in [0.1, 0.15) is 5.75 Å². The number of rotatable bonds is 11. The van der Waals surface area contributed by atoms with Crippen LogP contribution in [0.4, 0.5) is 0 Å². The first kappa shape index (κ1) is 24.5. The average molecular weight is 499 g/mol. The topological polar surface area (TPSA) is 42.7 Å². The number of hydrogen-bond donors (Lipinski definition) is 1. The summed E-state index contributed by atoms with van der Waals surface area (Å²) in [7, 11) is 0. The molecule has 172 valence electrons. The number of pyridine rings is 1. The van der Waals surface area contributed by atoms with Gasteiger partial charge in [-0.15, -0.1) is 0 Å². The van der Waals surface area contributed by atoms with E-state index in [1.165, 1.54) is 0 Å². The Hall–Kier alpha value is -2.11. The van der Waals surface area contributed by atoms with Gasteiger partial charge in [-0.05, 0) is 95.7 Å². The molecule has 0 saturated carbocycles. The van der Waals surface area contributed by atoms with Crippen molar-refractivity contribution in [1.82, 2.24) is 9.72 Å². The fourth-order valence-corrected chi connectivity index (χ4v) is 4.45. The van der Waals surface area contributed by atoms with Gasteiger partial charge in [-0.1, -0.05) is 40.2 Å². The number of halogens is 1. The molecule has 32 heavy (non-hydrogen) atoms. The predicted octanol–water partition coefficient (Wildman–Crippen LogP) is 6.68. The molecule has 5 heteroatoms. The Morgan fingerprint density at radius 2 is 1.84 bits per heavy atom. The third-order valence-electron chi connectivity index (χ3n) is 5.41. The van der Waals surface area contributed by atoms with Crippen LogP contribution in [-0.2, 0) is 6.42 Å². The van der Waals surface area contributed by atoms with E-state index in [0.29, 0.717) is 17.6 Å². The molecule has 0 aliphatic heterocycles. The monoisotopic (exact) mass is 498 g/mol. The van der Waals surface area contributed by atoms with Gasteiger partial charge in [-0.3, -0.25) is 4.79 Å². The molecular weight excluding hydrogens is 464 g/mol. The van der Waals surface area contributed by atoms with E-state index in [2.05, 4.69) is 48.9 Å². The van der Waals surface area contributed by atoms with E-state index >= 15 is 0 Å². The Morgan fingerprint density at radius 3 is 2.53 bits per heavy atom. The second-order valence-electron chi connectivity index (χ2n) is 9.49. The zero-order valence-electron chi connectivity index (χ0n) is 19.7. The summed E-state index contributed by atoms with van der Waals surface area (Å²) in [6, 6.07) is 13.5. The second-order valence-corrected chi connectivity index (χ2v) is 10.3. The largest absolute Gasteiger partial charge is 0.494 e. The van der Waals surface area contributed by atoms with Crippen LogP contribution in [0.25, 0.3) is 5.52 Å². The first-order chi connectivity index (χ1) is 15.3. The molecule has 3 aromatic rings. The number of nitrogens with zero attached hydrogens (tertiary/aromatic N) is 1. The molecule has 0 unspecified atom stereocenters. The highest BCUT2D eigenvalue weighted by atomic mass is 79.9. The van der Waals surface area contributed by atoms with E-state index in [1.807, 2.05) is 53.1 Å². The molecule has 0 radical (unpaired) electrons. The van der Waals surface area contributed by atoms with Gasteiger partial charge < -0.3 is 14.5 Å². The van der Waals surface area contributed by atoms with Crippen molar-refractivity contribution in [2.75, 3.05) is 19.7 Å². The Bertz CT molecular complexity index is 1030. The number of benzene rings is 1. The minimum Gasteiger partial charge on any atom is -0.494 e. The molecule has 0 atom stereocenters. The van der Waals surface area contributed by atoms with Crippen LogP contribution >= 0.6 is 15.9 Å². The maximum Gasteiger partial charge on any atom is 0.210 e. The first-order valence-electron chi connectivity index (χ1n) is 11.6. The molecule has 3 rings (SSSR count). The number of hydrogen-bond acceptors (Lipinski definition) is 3. The lowest BCUT2D eigenvalue weighted by molar-refractivity contribution is 0.103. The zero-order chi connectivity index (χ0) is 23.1. The van der Waals surface area contributed by atoms with Crippen LogP contribution in [0, 0.1) is 5.41 Å². The van der Waals surface area contributed by atoms with Crippen molar-refractivity contribution in [1.29, 1.82) is 0 Å². The summed E-state index contributed by atoms with van der Waals surface area (Å²) in [4.78, 5) is 13.5. The van der Waals surface area contributed by atoms with Crippen LogP contribution in [-0.4, -0.2) is 29.9 Å². The molecule has 2 aromatic heterocycles. The van der Waals surface area contributed by atoms with Crippen LogP contribution in [0.2, 0.25) is 0 Å². The van der Waals surface area contributed by atoms with E-state index in [9.17, 15) is 4.79 Å². The number of nitrogens with one attached hydrogen (secondary N) is 1. The lowest BCUT2D eigenvalue weighted by Gasteiger charge is -2.18. The Labute approximate surface area is 200 Å². The molecule has 1 aromatic carbocycles. The fraction of sp³-hybridized carbons (Fsp3) is 0.444. The molecule has 4 nitrogen and oxygen atoms in total. The van der Waals surface area contributed by atoms with Gasteiger partial charge >= 0.3 is 0 Å². The predicted molar refractivity (Wildman–Crippen MR) is 136 cm³/mol. The number of ether oxygens (including phenoxy) is 1. The third-order valence-corrected chi connectivity index (χ3v) is 6.30. The van der Waals surface area contributed by atoms with Crippen molar-refractivity contribution >= 4 is 27.2 Å². The lowest BCUT2D eigenvalue weighted by atomic mass is 9.97. The fourth-order valence-electron chi connectivity index (χ4n) is 3.74. The van der Waals surface area contributed by atoms with Crippen LogP contribution in [0.3, 0.4) is 0 Å². The Kier molecular flexibility index (Phi) is 8.55. The summed E-state index contributed by atoms with van der Waals surface area (Å²) < 4.78 is 8.90. The standard InChI is InChI=1S/C27H35BrN2O2/c1-5-6-10-22-24(28)23-11-7-8-17-30(23)25(22)26(31)20-12-14-21(15-13-20)32-18-9-16-29-19-27(2,3)4/h7-8,11-15,17,29H,5-6,9-10,16,18-19H2,1-4H3.